The van der Waals surface area contributed by atoms with Gasteiger partial charge in [0.15, 0.2) is 18.7 Å². The Balaban J connectivity index is 1.73. The smallest absolute Gasteiger partial charge is 0.306 e. The number of allylic oxidation sites excluding steroid dienone is 2. The van der Waals surface area contributed by atoms with E-state index in [1.807, 2.05) is 0 Å². The Morgan fingerprint density at radius 1 is 0.733 bits per heavy atom. The van der Waals surface area contributed by atoms with E-state index in [4.69, 9.17) is 28.4 Å². The van der Waals surface area contributed by atoms with E-state index in [1.54, 1.807) is 0 Å². The number of hydrogen-bond acceptors (Lipinski definition) is 13. The first-order valence-electron chi connectivity index (χ1n) is 16.6. The lowest BCUT2D eigenvalue weighted by atomic mass is 9.97. The molecule has 2 saturated heterocycles. The lowest BCUT2D eigenvalue weighted by Gasteiger charge is -2.46. The van der Waals surface area contributed by atoms with Crippen molar-refractivity contribution in [3.8, 4) is 0 Å². The number of rotatable bonds is 3. The van der Waals surface area contributed by atoms with Crippen molar-refractivity contribution in [2.75, 3.05) is 19.8 Å². The Kier molecular flexibility index (Phi) is 17.2. The Morgan fingerprint density at radius 2 is 1.31 bits per heavy atom. The van der Waals surface area contributed by atoms with Gasteiger partial charge in [-0.3, -0.25) is 9.59 Å². The van der Waals surface area contributed by atoms with Gasteiger partial charge in [0.2, 0.25) is 0 Å². The zero-order valence-electron chi connectivity index (χ0n) is 26.5. The maximum atomic E-state index is 12.7. The SMILES string of the molecule is CC(=O)OC[C@H]1O[C@H]2O[C@H]3[C@H](OCCCCCCCC/C=C\CCCCCCCC(=O)O[C@H]1[C@H](O)[C@H]2O)O[C@H](CO)[C@@H](O)[C@@H]3O. The van der Waals surface area contributed by atoms with Crippen LogP contribution in [0.1, 0.15) is 96.8 Å². The number of hydrogen-bond donors (Lipinski definition) is 5. The lowest BCUT2D eigenvalue weighted by Crippen LogP contribution is -2.65. The number of esters is 2. The number of carbonyl (C=O) groups excluding carboxylic acids is 2. The van der Waals surface area contributed by atoms with Crippen LogP contribution in [0.25, 0.3) is 0 Å². The van der Waals surface area contributed by atoms with Crippen LogP contribution >= 0.6 is 0 Å². The van der Waals surface area contributed by atoms with Gasteiger partial charge in [-0.15, -0.1) is 0 Å². The first kappa shape index (κ1) is 37.8. The Labute approximate surface area is 265 Å². The molecule has 4 aliphatic heterocycles. The van der Waals surface area contributed by atoms with Crippen LogP contribution in [-0.2, 0) is 38.0 Å². The quantitative estimate of drug-likeness (QED) is 0.221. The van der Waals surface area contributed by atoms with E-state index in [1.165, 1.54) is 6.92 Å². The van der Waals surface area contributed by atoms with E-state index in [-0.39, 0.29) is 13.0 Å². The monoisotopic (exact) mass is 646 g/mol. The maximum absolute atomic E-state index is 12.7. The average molecular weight is 647 g/mol. The van der Waals surface area contributed by atoms with Crippen molar-refractivity contribution in [3.05, 3.63) is 12.2 Å². The molecule has 0 aromatic carbocycles. The second kappa shape index (κ2) is 20.5. The minimum Gasteiger partial charge on any atom is -0.463 e. The number of aliphatic hydroxyl groups is 5. The summed E-state index contributed by atoms with van der Waals surface area (Å²) in [6, 6.07) is 0. The highest BCUT2D eigenvalue weighted by Gasteiger charge is 2.52. The molecule has 0 spiro atoms. The number of carbonyl (C=O) groups is 2. The van der Waals surface area contributed by atoms with Crippen LogP contribution < -0.4 is 0 Å². The molecule has 13 nitrogen and oxygen atoms in total. The maximum Gasteiger partial charge on any atom is 0.306 e. The molecule has 2 bridgehead atoms. The van der Waals surface area contributed by atoms with Crippen LogP contribution in [0, 0.1) is 0 Å². The van der Waals surface area contributed by atoms with Crippen molar-refractivity contribution >= 4 is 11.9 Å². The third-order valence-corrected chi connectivity index (χ3v) is 8.44. The fourth-order valence-corrected chi connectivity index (χ4v) is 5.77. The van der Waals surface area contributed by atoms with Gasteiger partial charge in [0.25, 0.3) is 0 Å². The molecule has 0 saturated carbocycles. The topological polar surface area (TPSA) is 191 Å². The van der Waals surface area contributed by atoms with Crippen LogP contribution in [0.5, 0.6) is 0 Å². The van der Waals surface area contributed by atoms with E-state index in [0.717, 1.165) is 70.6 Å². The Bertz CT molecular complexity index is 885. The fraction of sp³-hybridized carbons (Fsp3) is 0.875. The van der Waals surface area contributed by atoms with Crippen molar-refractivity contribution in [2.24, 2.45) is 0 Å². The van der Waals surface area contributed by atoms with Crippen molar-refractivity contribution < 1.29 is 63.5 Å². The zero-order chi connectivity index (χ0) is 32.6. The van der Waals surface area contributed by atoms with E-state index >= 15 is 0 Å². The van der Waals surface area contributed by atoms with Crippen LogP contribution in [0.3, 0.4) is 0 Å². The Morgan fingerprint density at radius 3 is 1.96 bits per heavy atom. The van der Waals surface area contributed by atoms with Crippen LogP contribution in [0.4, 0.5) is 0 Å². The average Bonchev–Trinajstić information content (AvgIpc) is 3.01. The summed E-state index contributed by atoms with van der Waals surface area (Å²) in [6.07, 6.45) is 2.76. The van der Waals surface area contributed by atoms with E-state index in [0.29, 0.717) is 12.8 Å². The van der Waals surface area contributed by atoms with Gasteiger partial charge in [-0.25, -0.2) is 0 Å². The van der Waals surface area contributed by atoms with Gasteiger partial charge in [-0.05, 0) is 38.5 Å². The van der Waals surface area contributed by atoms with Crippen LogP contribution in [0.2, 0.25) is 0 Å². The van der Waals surface area contributed by atoms with Gasteiger partial charge in [0, 0.05) is 20.0 Å². The summed E-state index contributed by atoms with van der Waals surface area (Å²) in [7, 11) is 0. The molecule has 4 aliphatic rings. The first-order valence-corrected chi connectivity index (χ1v) is 16.6. The molecule has 2 fully saturated rings. The predicted octanol–water partition coefficient (Wildman–Crippen LogP) is 1.78. The van der Waals surface area contributed by atoms with Gasteiger partial charge < -0.3 is 54.0 Å². The summed E-state index contributed by atoms with van der Waals surface area (Å²) in [4.78, 5) is 24.3. The molecule has 45 heavy (non-hydrogen) atoms. The fourth-order valence-electron chi connectivity index (χ4n) is 5.77. The lowest BCUT2D eigenvalue weighted by molar-refractivity contribution is -0.367. The van der Waals surface area contributed by atoms with Crippen LogP contribution in [0.15, 0.2) is 12.2 Å². The number of aliphatic hydroxyl groups excluding tert-OH is 5. The summed E-state index contributed by atoms with van der Waals surface area (Å²) in [6.45, 7) is 0.435. The highest BCUT2D eigenvalue weighted by Crippen LogP contribution is 2.31. The molecule has 10 atom stereocenters. The highest BCUT2D eigenvalue weighted by atomic mass is 16.8. The molecule has 0 unspecified atom stereocenters. The molecule has 4 rings (SSSR count). The van der Waals surface area contributed by atoms with Crippen LogP contribution in [-0.4, -0.2) is 119 Å². The number of fused-ring (bicyclic) bond motifs is 20. The largest absolute Gasteiger partial charge is 0.463 e. The van der Waals surface area contributed by atoms with Crippen molar-refractivity contribution in [2.45, 2.75) is 158 Å². The third-order valence-electron chi connectivity index (χ3n) is 8.44. The summed E-state index contributed by atoms with van der Waals surface area (Å²) in [5, 5.41) is 53.1. The second-order valence-corrected chi connectivity index (χ2v) is 12.1. The summed E-state index contributed by atoms with van der Waals surface area (Å²) < 4.78 is 33.9. The molecule has 0 amide bonds. The van der Waals surface area contributed by atoms with Crippen molar-refractivity contribution in [1.29, 1.82) is 0 Å². The first-order chi connectivity index (χ1) is 21.7. The van der Waals surface area contributed by atoms with Gasteiger partial charge in [0.05, 0.1) is 6.61 Å². The van der Waals surface area contributed by atoms with Gasteiger partial charge in [0.1, 0.15) is 49.3 Å². The van der Waals surface area contributed by atoms with E-state index in [9.17, 15) is 35.1 Å². The third kappa shape index (κ3) is 12.5. The molecule has 0 radical (unpaired) electrons. The molecule has 0 aromatic heterocycles. The van der Waals surface area contributed by atoms with Gasteiger partial charge in [-0.2, -0.15) is 0 Å². The van der Waals surface area contributed by atoms with E-state index < -0.39 is 86.6 Å². The zero-order valence-corrected chi connectivity index (χ0v) is 26.5. The molecule has 260 valence electrons. The molecule has 0 aromatic rings. The molecular formula is C32H54O13. The van der Waals surface area contributed by atoms with Gasteiger partial charge in [-0.1, -0.05) is 57.1 Å². The second-order valence-electron chi connectivity index (χ2n) is 12.1. The summed E-state index contributed by atoms with van der Waals surface area (Å²) in [5.74, 6) is -1.23. The molecule has 4 heterocycles. The normalized spacial score (nSPS) is 38.3. The van der Waals surface area contributed by atoms with E-state index in [2.05, 4.69) is 12.2 Å². The minimum absolute atomic E-state index is 0.105. The van der Waals surface area contributed by atoms with Gasteiger partial charge >= 0.3 is 11.9 Å². The standard InChI is InChI=1S/C32H54O13/c1-21(34)41-20-23-29-27(38)28(39)31(43-23)45-30-26(37)25(36)22(19-33)42-32(30)40-18-16-14-12-10-8-6-4-2-3-5-7-9-11-13-15-17-24(35)44-29/h2-3,22-23,25-33,36-39H,4-20H2,1H3/b3-2-/t22-,23-,25-,26+,27-,28-,29-,30-,31+,32-/m1/s1. The van der Waals surface area contributed by atoms with Crippen molar-refractivity contribution in [3.63, 3.8) is 0 Å². The molecule has 0 aliphatic carbocycles. The summed E-state index contributed by atoms with van der Waals surface area (Å²) >= 11 is 0. The molecule has 13 heteroatoms. The van der Waals surface area contributed by atoms with Crippen molar-refractivity contribution in [1.82, 2.24) is 0 Å². The molecular weight excluding hydrogens is 592 g/mol. The highest BCUT2D eigenvalue weighted by molar-refractivity contribution is 5.69. The minimum atomic E-state index is -1.76. The Hall–Kier alpha value is -1.68. The molecule has 5 N–H and O–H groups in total. The predicted molar refractivity (Wildman–Crippen MR) is 160 cm³/mol. The number of ether oxygens (including phenoxy) is 6. The summed E-state index contributed by atoms with van der Waals surface area (Å²) in [5.41, 5.74) is 0.